The lowest BCUT2D eigenvalue weighted by Crippen LogP contribution is -2.09. The summed E-state index contributed by atoms with van der Waals surface area (Å²) in [6.07, 6.45) is 3.06. The molecule has 4 aromatic heterocycles. The van der Waals surface area contributed by atoms with Gasteiger partial charge < -0.3 is 15.2 Å². The predicted molar refractivity (Wildman–Crippen MR) is 105 cm³/mol. The van der Waals surface area contributed by atoms with Crippen LogP contribution in [0.15, 0.2) is 24.7 Å². The van der Waals surface area contributed by atoms with Crippen LogP contribution in [0.2, 0.25) is 0 Å². The molecule has 10 nitrogen and oxygen atoms in total. The van der Waals surface area contributed by atoms with Crippen molar-refractivity contribution in [1.29, 1.82) is 0 Å². The van der Waals surface area contributed by atoms with Crippen LogP contribution in [-0.4, -0.2) is 43.1 Å². The Labute approximate surface area is 168 Å². The number of ether oxygens (including phenoxy) is 2. The average Bonchev–Trinajstić information content (AvgIpc) is 3.30. The number of hydrogen-bond donors (Lipinski definition) is 1. The molecule has 29 heavy (non-hydrogen) atoms. The minimum Gasteiger partial charge on any atom is -0.462 e. The lowest BCUT2D eigenvalue weighted by atomic mass is 10.2. The number of aryl methyl sites for hydroxylation is 1. The Balaban J connectivity index is 1.56. The van der Waals surface area contributed by atoms with Gasteiger partial charge in [-0.3, -0.25) is 4.40 Å². The van der Waals surface area contributed by atoms with Crippen molar-refractivity contribution < 1.29 is 19.1 Å². The molecular formula is C18H16N6O4S. The molecule has 0 aliphatic carbocycles. The van der Waals surface area contributed by atoms with E-state index in [0.717, 1.165) is 0 Å². The first kappa shape index (κ1) is 18.7. The largest absolute Gasteiger partial charge is 0.462 e. The quantitative estimate of drug-likeness (QED) is 0.489. The third-order valence-corrected chi connectivity index (χ3v) is 5.35. The highest BCUT2D eigenvalue weighted by atomic mass is 32.1. The van der Waals surface area contributed by atoms with Crippen molar-refractivity contribution in [2.75, 3.05) is 12.3 Å². The first-order valence-electron chi connectivity index (χ1n) is 8.67. The molecule has 0 unspecified atom stereocenters. The highest BCUT2D eigenvalue weighted by Gasteiger charge is 2.21. The third-order valence-electron chi connectivity index (χ3n) is 4.18. The fraction of sp³-hybridized carbons (Fsp3) is 0.222. The Morgan fingerprint density at radius 3 is 2.83 bits per heavy atom. The van der Waals surface area contributed by atoms with Crippen LogP contribution in [-0.2, 0) is 16.1 Å². The van der Waals surface area contributed by atoms with Gasteiger partial charge in [-0.05, 0) is 31.5 Å². The molecule has 0 saturated carbocycles. The molecule has 0 spiro atoms. The van der Waals surface area contributed by atoms with Crippen LogP contribution in [0.5, 0.6) is 0 Å². The van der Waals surface area contributed by atoms with Crippen molar-refractivity contribution in [2.24, 2.45) is 0 Å². The Bertz CT molecular complexity index is 1250. The second-order valence-electron chi connectivity index (χ2n) is 6.07. The molecule has 0 saturated heterocycles. The molecule has 0 aromatic carbocycles. The van der Waals surface area contributed by atoms with Crippen LogP contribution in [0.1, 0.15) is 38.3 Å². The first-order chi connectivity index (χ1) is 14.0. The lowest BCUT2D eigenvalue weighted by Gasteiger charge is -2.06. The van der Waals surface area contributed by atoms with Gasteiger partial charge >= 0.3 is 11.9 Å². The molecule has 4 rings (SSSR count). The summed E-state index contributed by atoms with van der Waals surface area (Å²) in [6.45, 7) is 3.62. The predicted octanol–water partition coefficient (Wildman–Crippen LogP) is 2.16. The highest BCUT2D eigenvalue weighted by molar-refractivity contribution is 7.20. The molecule has 11 heteroatoms. The number of thiophene rings is 1. The maximum Gasteiger partial charge on any atom is 0.348 e. The zero-order chi connectivity index (χ0) is 20.5. The molecule has 0 aliphatic heterocycles. The summed E-state index contributed by atoms with van der Waals surface area (Å²) in [7, 11) is 0. The second-order valence-corrected chi connectivity index (χ2v) is 7.07. The number of pyridine rings is 1. The number of esters is 2. The zero-order valence-electron chi connectivity index (χ0n) is 15.6. The van der Waals surface area contributed by atoms with Gasteiger partial charge in [0.1, 0.15) is 21.9 Å². The number of anilines is 1. The topological polar surface area (TPSA) is 135 Å². The second kappa shape index (κ2) is 7.43. The van der Waals surface area contributed by atoms with Gasteiger partial charge in [-0.25, -0.2) is 19.6 Å². The van der Waals surface area contributed by atoms with Gasteiger partial charge in [0.2, 0.25) is 0 Å². The number of rotatable bonds is 5. The van der Waals surface area contributed by atoms with E-state index in [0.29, 0.717) is 31.9 Å². The van der Waals surface area contributed by atoms with Crippen molar-refractivity contribution >= 4 is 45.0 Å². The van der Waals surface area contributed by atoms with E-state index in [2.05, 4.69) is 20.2 Å². The Hall–Kier alpha value is -3.60. The van der Waals surface area contributed by atoms with Gasteiger partial charge in [0.25, 0.3) is 0 Å². The normalized spacial score (nSPS) is 11.1. The minimum absolute atomic E-state index is 0.162. The van der Waals surface area contributed by atoms with E-state index >= 15 is 0 Å². The fourth-order valence-electron chi connectivity index (χ4n) is 2.83. The smallest absolute Gasteiger partial charge is 0.348 e. The van der Waals surface area contributed by atoms with E-state index in [-0.39, 0.29) is 24.9 Å². The molecule has 148 valence electrons. The van der Waals surface area contributed by atoms with Gasteiger partial charge in [0.05, 0.1) is 17.6 Å². The summed E-state index contributed by atoms with van der Waals surface area (Å²) in [6, 6.07) is 3.26. The molecule has 0 fully saturated rings. The molecule has 0 bridgehead atoms. The summed E-state index contributed by atoms with van der Waals surface area (Å²) >= 11 is 1.17. The van der Waals surface area contributed by atoms with Gasteiger partial charge in [-0.15, -0.1) is 21.5 Å². The average molecular weight is 412 g/mol. The molecule has 0 aliphatic rings. The summed E-state index contributed by atoms with van der Waals surface area (Å²) in [4.78, 5) is 34.0. The van der Waals surface area contributed by atoms with Gasteiger partial charge in [-0.1, -0.05) is 0 Å². The van der Waals surface area contributed by atoms with E-state index in [1.165, 1.54) is 17.7 Å². The van der Waals surface area contributed by atoms with Crippen LogP contribution in [0.25, 0.3) is 15.9 Å². The number of carbonyl (C=O) groups is 2. The van der Waals surface area contributed by atoms with Crippen molar-refractivity contribution in [2.45, 2.75) is 20.5 Å². The zero-order valence-corrected chi connectivity index (χ0v) is 16.4. The number of fused-ring (bicyclic) bond motifs is 2. The number of hydrogen-bond acceptors (Lipinski definition) is 10. The van der Waals surface area contributed by atoms with Crippen molar-refractivity contribution in [3.05, 3.63) is 46.5 Å². The number of nitrogens with zero attached hydrogens (tertiary/aromatic N) is 5. The molecular weight excluding hydrogens is 396 g/mol. The van der Waals surface area contributed by atoms with Gasteiger partial charge in [0, 0.05) is 6.20 Å². The fourth-order valence-corrected chi connectivity index (χ4v) is 3.93. The Kier molecular flexibility index (Phi) is 4.80. The number of aromatic nitrogens is 5. The lowest BCUT2D eigenvalue weighted by molar-refractivity contribution is 0.0461. The molecule has 0 radical (unpaired) electrons. The first-order valence-corrected chi connectivity index (χ1v) is 9.48. The van der Waals surface area contributed by atoms with E-state index in [1.54, 1.807) is 36.6 Å². The van der Waals surface area contributed by atoms with Gasteiger partial charge in [-0.2, -0.15) is 0 Å². The van der Waals surface area contributed by atoms with Crippen molar-refractivity contribution in [3.63, 3.8) is 0 Å². The highest BCUT2D eigenvalue weighted by Crippen LogP contribution is 2.33. The molecule has 2 N–H and O–H groups in total. The maximum absolute atomic E-state index is 12.3. The summed E-state index contributed by atoms with van der Waals surface area (Å²) in [5.74, 6) is -0.510. The van der Waals surface area contributed by atoms with E-state index in [1.807, 2.05) is 0 Å². The Morgan fingerprint density at radius 1 is 1.21 bits per heavy atom. The number of carbonyl (C=O) groups excluding carboxylic acids is 2. The van der Waals surface area contributed by atoms with Crippen molar-refractivity contribution in [3.8, 4) is 0 Å². The third kappa shape index (κ3) is 3.47. The Morgan fingerprint density at radius 2 is 2.03 bits per heavy atom. The molecule has 0 amide bonds. The SMILES string of the molecule is CCOC(=O)c1sc2nc(COC(=O)c3ccc4nncn4c3)nc(N)c2c1C. The van der Waals surface area contributed by atoms with E-state index in [9.17, 15) is 9.59 Å². The molecule has 4 heterocycles. The van der Waals surface area contributed by atoms with E-state index < -0.39 is 11.9 Å². The monoisotopic (exact) mass is 412 g/mol. The van der Waals surface area contributed by atoms with E-state index in [4.69, 9.17) is 15.2 Å². The van der Waals surface area contributed by atoms with Crippen LogP contribution in [0.3, 0.4) is 0 Å². The summed E-state index contributed by atoms with van der Waals surface area (Å²) in [5.41, 5.74) is 7.69. The summed E-state index contributed by atoms with van der Waals surface area (Å²) < 4.78 is 12.0. The van der Waals surface area contributed by atoms with Crippen LogP contribution < -0.4 is 5.73 Å². The summed E-state index contributed by atoms with van der Waals surface area (Å²) in [5, 5.41) is 8.24. The maximum atomic E-state index is 12.3. The number of nitrogen functional groups attached to an aromatic ring is 1. The standard InChI is InChI=1S/C18H16N6O4S/c1-3-27-18(26)14-9(2)13-15(19)21-11(22-16(13)29-14)7-28-17(25)10-4-5-12-23-20-8-24(12)6-10/h4-6,8H,3,7H2,1-2H3,(H2,19,21,22). The van der Waals surface area contributed by atoms with Crippen LogP contribution in [0.4, 0.5) is 5.82 Å². The van der Waals surface area contributed by atoms with Crippen molar-refractivity contribution in [1.82, 2.24) is 24.6 Å². The number of nitrogens with two attached hydrogens (primary N) is 1. The minimum atomic E-state index is -0.544. The van der Waals surface area contributed by atoms with Crippen LogP contribution in [0, 0.1) is 6.92 Å². The molecule has 4 aromatic rings. The van der Waals surface area contributed by atoms with Crippen LogP contribution >= 0.6 is 11.3 Å². The van der Waals surface area contributed by atoms with Gasteiger partial charge in [0.15, 0.2) is 18.1 Å². The molecule has 0 atom stereocenters.